The van der Waals surface area contributed by atoms with E-state index in [1.54, 1.807) is 16.3 Å². The first kappa shape index (κ1) is 27.5. The molecular weight excluding hydrogens is 503 g/mol. The average Bonchev–Trinajstić information content (AvgIpc) is 3.05. The molecule has 0 nitrogen and oxygen atoms in total. The predicted molar refractivity (Wildman–Crippen MR) is 123 cm³/mol. The largest absolute Gasteiger partial charge is 4.00 e. The van der Waals surface area contributed by atoms with Gasteiger partial charge in [-0.2, -0.15) is 35.5 Å². The summed E-state index contributed by atoms with van der Waals surface area (Å²) in [6.45, 7) is 9.38. The van der Waals surface area contributed by atoms with Gasteiger partial charge in [-0.05, 0) is 11.1 Å². The van der Waals surface area contributed by atoms with Gasteiger partial charge < -0.3 is 30.7 Å². The van der Waals surface area contributed by atoms with Crippen LogP contribution >= 0.6 is 0 Å². The van der Waals surface area contributed by atoms with Gasteiger partial charge in [-0.15, -0.1) is 29.7 Å². The summed E-state index contributed by atoms with van der Waals surface area (Å²) in [5, 5.41) is 6.35. The van der Waals surface area contributed by atoms with Crippen molar-refractivity contribution in [3.05, 3.63) is 77.7 Å². The molecule has 1 atom stereocenters. The molecule has 0 aromatic heterocycles. The molecule has 2 aliphatic rings. The summed E-state index contributed by atoms with van der Waals surface area (Å²) in [5.74, 6) is 2.27. The maximum atomic E-state index is 2.43. The molecule has 30 heavy (non-hydrogen) atoms. The van der Waals surface area contributed by atoms with Gasteiger partial charge in [0.2, 0.25) is 0 Å². The van der Waals surface area contributed by atoms with E-state index < -0.39 is 8.07 Å². The quantitative estimate of drug-likeness (QED) is 0.335. The van der Waals surface area contributed by atoms with Gasteiger partial charge in [0.15, 0.2) is 0 Å². The average molecular weight is 533 g/mol. The van der Waals surface area contributed by atoms with Gasteiger partial charge in [0.25, 0.3) is 0 Å². The van der Waals surface area contributed by atoms with Gasteiger partial charge in [0, 0.05) is 14.0 Å². The van der Waals surface area contributed by atoms with E-state index >= 15 is 0 Å². The molecule has 0 saturated heterocycles. The van der Waals surface area contributed by atoms with Crippen molar-refractivity contribution >= 4 is 35.3 Å². The zero-order valence-corrected chi connectivity index (χ0v) is 23.3. The molecule has 1 heterocycles. The fourth-order valence-corrected chi connectivity index (χ4v) is 7.76. The number of rotatable bonds is 4. The van der Waals surface area contributed by atoms with E-state index in [1.807, 2.05) is 0 Å². The van der Waals surface area contributed by atoms with Crippen molar-refractivity contribution in [3.63, 3.8) is 0 Å². The third kappa shape index (κ3) is 5.44. The molecule has 4 heteroatoms. The molecule has 1 aliphatic carbocycles. The Balaban J connectivity index is 0.000000277. The zero-order valence-electron chi connectivity index (χ0n) is 18.3. The smallest absolute Gasteiger partial charge is 1.00 e. The Morgan fingerprint density at radius 3 is 2.40 bits per heavy atom. The number of fused-ring (bicyclic) bond motifs is 4. The molecule has 0 fully saturated rings. The van der Waals surface area contributed by atoms with E-state index in [9.17, 15) is 0 Å². The molecule has 0 bridgehead atoms. The van der Waals surface area contributed by atoms with Gasteiger partial charge in [-0.3, -0.25) is 0 Å². The minimum atomic E-state index is -0.981. The minimum Gasteiger partial charge on any atom is -1.00 e. The number of allylic oxidation sites excluding steroid dienone is 1. The first-order chi connectivity index (χ1) is 13.0. The van der Waals surface area contributed by atoms with Crippen LogP contribution in [0.5, 0.6) is 0 Å². The first-order valence-corrected chi connectivity index (χ1v) is 13.3. The van der Waals surface area contributed by atoms with Crippen molar-refractivity contribution in [2.75, 3.05) is 0 Å². The van der Waals surface area contributed by atoms with Gasteiger partial charge >= 0.3 is 26.2 Å². The van der Waals surface area contributed by atoms with Crippen molar-refractivity contribution in [2.24, 2.45) is 0 Å². The maximum Gasteiger partial charge on any atom is 4.00 e. The molecule has 0 amide bonds. The van der Waals surface area contributed by atoms with Crippen molar-refractivity contribution < 1.29 is 51.0 Å². The minimum absolute atomic E-state index is 0. The van der Waals surface area contributed by atoms with Crippen LogP contribution in [0.3, 0.4) is 0 Å². The van der Waals surface area contributed by atoms with Crippen LogP contribution in [0.4, 0.5) is 0 Å². The summed E-state index contributed by atoms with van der Waals surface area (Å²) in [6.07, 6.45) is 8.37. The third-order valence-corrected chi connectivity index (χ3v) is 9.70. The Hall–Kier alpha value is -0.530. The molecule has 0 spiro atoms. The van der Waals surface area contributed by atoms with Crippen molar-refractivity contribution in [3.8, 4) is 0 Å². The summed E-state index contributed by atoms with van der Waals surface area (Å²) in [4.78, 5) is 0. The van der Waals surface area contributed by atoms with Crippen LogP contribution in [0.2, 0.25) is 13.1 Å². The number of hydrogen-bond donors (Lipinski definition) is 0. The fourth-order valence-electron chi connectivity index (χ4n) is 4.39. The topological polar surface area (TPSA) is 0 Å². The first-order valence-electron chi connectivity index (χ1n) is 10.3. The second-order valence-corrected chi connectivity index (χ2v) is 12.9. The fraction of sp³-hybridized carbons (Fsp3) is 0.308. The Bertz CT molecular complexity index is 990. The summed E-state index contributed by atoms with van der Waals surface area (Å²) >= 11 is 0. The van der Waals surface area contributed by atoms with E-state index in [-0.39, 0.29) is 51.0 Å². The number of hydrogen-bond acceptors (Lipinski definition) is 0. The molecule has 3 aromatic rings. The van der Waals surface area contributed by atoms with Crippen LogP contribution in [0.25, 0.3) is 16.8 Å². The molecule has 0 N–H and O–H groups in total. The molecule has 1 unspecified atom stereocenters. The van der Waals surface area contributed by atoms with Crippen LogP contribution < -0.4 is 35.2 Å². The van der Waals surface area contributed by atoms with Gasteiger partial charge in [-0.1, -0.05) is 68.9 Å². The zero-order chi connectivity index (χ0) is 19.0. The van der Waals surface area contributed by atoms with Gasteiger partial charge in [0.05, 0.1) is 0 Å². The van der Waals surface area contributed by atoms with E-state index in [0.29, 0.717) is 5.92 Å². The Morgan fingerprint density at radius 1 is 1.00 bits per heavy atom. The van der Waals surface area contributed by atoms with Crippen molar-refractivity contribution in [1.82, 2.24) is 0 Å². The van der Waals surface area contributed by atoms with Crippen LogP contribution in [0.1, 0.15) is 50.2 Å². The predicted octanol–water partition coefficient (Wildman–Crippen LogP) is 0.282. The molecule has 0 saturated carbocycles. The van der Waals surface area contributed by atoms with Crippen molar-refractivity contribution in [2.45, 2.75) is 52.1 Å². The third-order valence-electron chi connectivity index (χ3n) is 6.42. The van der Waals surface area contributed by atoms with Crippen LogP contribution in [0.15, 0.2) is 60.7 Å². The van der Waals surface area contributed by atoms with E-state index in [0.717, 1.165) is 0 Å². The SMILES string of the molecule is CC[C-](C)CCC1C=Cc2ccccc21.C[Si]1(C)c2[cH-]c3ccccc3c21.[Cl-].[Cl-].[Zr+4]. The Morgan fingerprint density at radius 2 is 1.67 bits per heavy atom. The van der Waals surface area contributed by atoms with Crippen LogP contribution in [-0.4, -0.2) is 8.07 Å². The Labute approximate surface area is 214 Å². The van der Waals surface area contributed by atoms with Crippen molar-refractivity contribution in [1.29, 1.82) is 0 Å². The summed E-state index contributed by atoms with van der Waals surface area (Å²) in [6, 6.07) is 19.9. The molecule has 156 valence electrons. The van der Waals surface area contributed by atoms with E-state index in [1.165, 1.54) is 41.2 Å². The van der Waals surface area contributed by atoms with Crippen LogP contribution in [0, 0.1) is 5.92 Å². The second-order valence-electron chi connectivity index (χ2n) is 8.59. The maximum absolute atomic E-state index is 2.43. The molecular formula is C26H30Cl2SiZr. The Kier molecular flexibility index (Phi) is 10.4. The van der Waals surface area contributed by atoms with Crippen LogP contribution in [-0.2, 0) is 26.2 Å². The van der Waals surface area contributed by atoms with E-state index in [2.05, 4.69) is 93.7 Å². The van der Waals surface area contributed by atoms with Gasteiger partial charge in [-0.25, -0.2) is 0 Å². The summed E-state index contributed by atoms with van der Waals surface area (Å²) < 4.78 is 0. The summed E-state index contributed by atoms with van der Waals surface area (Å²) in [5.41, 5.74) is 2.93. The number of halogens is 2. The summed E-state index contributed by atoms with van der Waals surface area (Å²) in [7, 11) is -0.981. The van der Waals surface area contributed by atoms with E-state index in [4.69, 9.17) is 0 Å². The molecule has 0 radical (unpaired) electrons. The normalized spacial score (nSPS) is 16.4. The molecule has 1 aliphatic heterocycles. The second kappa shape index (κ2) is 11.4. The van der Waals surface area contributed by atoms with Gasteiger partial charge in [0.1, 0.15) is 0 Å². The monoisotopic (exact) mass is 530 g/mol. The number of benzene rings is 2. The molecule has 5 rings (SSSR count). The standard InChI is InChI=1S/C15H19.C11H11Si.2ClH.Zr/c1-3-12(2)8-9-14-11-10-13-6-4-5-7-15(13)14;1-12(2)10-7-8-5-3-4-6-9(8)11(10)12;;;/h4-7,10-11,14H,3,8-9H2,1-2H3;3-7H,1-2H3;2*1H;/q2*-1;;;+4/p-2. The molecule has 3 aromatic carbocycles.